The van der Waals surface area contributed by atoms with E-state index in [-0.39, 0.29) is 10.8 Å². The van der Waals surface area contributed by atoms with Crippen molar-refractivity contribution >= 4 is 44.7 Å². The van der Waals surface area contributed by atoms with Crippen molar-refractivity contribution in [1.82, 2.24) is 9.97 Å². The second-order valence-corrected chi connectivity index (χ2v) is 9.90. The van der Waals surface area contributed by atoms with Gasteiger partial charge < -0.3 is 14.5 Å². The average Bonchev–Trinajstić information content (AvgIpc) is 3.33. The Morgan fingerprint density at radius 2 is 2.03 bits per heavy atom. The second kappa shape index (κ2) is 7.85. The van der Waals surface area contributed by atoms with Crippen LogP contribution in [0.25, 0.3) is 20.7 Å². The molecule has 0 radical (unpaired) electrons. The molecule has 0 bridgehead atoms. The smallest absolute Gasteiger partial charge is 0.260 e. The molecule has 0 aliphatic carbocycles. The maximum Gasteiger partial charge on any atom is 0.260 e. The van der Waals surface area contributed by atoms with Gasteiger partial charge in [0.25, 0.3) is 5.56 Å². The molecule has 3 aromatic heterocycles. The summed E-state index contributed by atoms with van der Waals surface area (Å²) in [5.41, 5.74) is 0.879. The summed E-state index contributed by atoms with van der Waals surface area (Å²) in [7, 11) is 0. The van der Waals surface area contributed by atoms with Crippen molar-refractivity contribution in [1.29, 1.82) is 0 Å². The molecule has 1 unspecified atom stereocenters. The summed E-state index contributed by atoms with van der Waals surface area (Å²) in [6, 6.07) is 9.99. The van der Waals surface area contributed by atoms with Gasteiger partial charge in [-0.15, -0.1) is 34.4 Å². The van der Waals surface area contributed by atoms with Crippen LogP contribution in [0, 0.1) is 0 Å². The first-order chi connectivity index (χ1) is 14.2. The largest absolute Gasteiger partial charge is 0.490 e. The predicted octanol–water partition coefficient (Wildman–Crippen LogP) is 5.73. The lowest BCUT2D eigenvalue weighted by molar-refractivity contribution is 0.297. The number of fused-ring (bicyclic) bond motifs is 2. The van der Waals surface area contributed by atoms with Gasteiger partial charge >= 0.3 is 0 Å². The molecule has 0 fully saturated rings. The third-order valence-corrected chi connectivity index (χ3v) is 7.54. The first-order valence-electron chi connectivity index (χ1n) is 9.30. The van der Waals surface area contributed by atoms with Crippen molar-refractivity contribution in [2.75, 3.05) is 13.2 Å². The van der Waals surface area contributed by atoms with E-state index in [2.05, 4.69) is 4.98 Å². The predicted molar refractivity (Wildman–Crippen MR) is 120 cm³/mol. The summed E-state index contributed by atoms with van der Waals surface area (Å²) in [6.45, 7) is 3.38. The topological polar surface area (TPSA) is 64.2 Å². The van der Waals surface area contributed by atoms with Crippen LogP contribution in [0.4, 0.5) is 0 Å². The zero-order valence-corrected chi connectivity index (χ0v) is 18.1. The molecule has 5 nitrogen and oxygen atoms in total. The minimum Gasteiger partial charge on any atom is -0.490 e. The van der Waals surface area contributed by atoms with Gasteiger partial charge in [-0.1, -0.05) is 6.07 Å². The first kappa shape index (κ1) is 18.7. The van der Waals surface area contributed by atoms with Crippen molar-refractivity contribution in [3.63, 3.8) is 0 Å². The van der Waals surface area contributed by atoms with Crippen LogP contribution in [-0.4, -0.2) is 23.2 Å². The molecule has 1 aromatic carbocycles. The van der Waals surface area contributed by atoms with Gasteiger partial charge in [-0.3, -0.25) is 4.79 Å². The van der Waals surface area contributed by atoms with Crippen molar-refractivity contribution in [3.8, 4) is 21.9 Å². The van der Waals surface area contributed by atoms with E-state index in [1.54, 1.807) is 23.1 Å². The van der Waals surface area contributed by atoms with Gasteiger partial charge in [-0.2, -0.15) is 0 Å². The second-order valence-electron chi connectivity index (χ2n) is 6.68. The molecule has 4 aromatic rings. The molecule has 8 heteroatoms. The van der Waals surface area contributed by atoms with Crippen LogP contribution in [0.5, 0.6) is 11.5 Å². The van der Waals surface area contributed by atoms with Crippen LogP contribution in [-0.2, 0) is 0 Å². The first-order valence-corrected chi connectivity index (χ1v) is 11.9. The molecular weight excluding hydrogens is 424 g/mol. The molecule has 1 aliphatic heterocycles. The highest BCUT2D eigenvalue weighted by Crippen LogP contribution is 2.40. The molecular formula is C21H18N2O3S3. The highest BCUT2D eigenvalue weighted by Gasteiger charge is 2.18. The number of H-pyrrole nitrogens is 1. The van der Waals surface area contributed by atoms with E-state index in [4.69, 9.17) is 14.5 Å². The fraction of sp³-hybridized carbons (Fsp3) is 0.238. The number of thioether (sulfide) groups is 1. The van der Waals surface area contributed by atoms with Gasteiger partial charge in [-0.25, -0.2) is 4.98 Å². The van der Waals surface area contributed by atoms with E-state index < -0.39 is 0 Å². The molecule has 5 rings (SSSR count). The Hall–Kier alpha value is -2.29. The molecule has 1 N–H and O–H groups in total. The molecule has 1 aliphatic rings. The van der Waals surface area contributed by atoms with Crippen LogP contribution < -0.4 is 15.0 Å². The zero-order valence-electron chi connectivity index (χ0n) is 15.6. The van der Waals surface area contributed by atoms with E-state index in [0.29, 0.717) is 24.4 Å². The Morgan fingerprint density at radius 3 is 2.86 bits per heavy atom. The van der Waals surface area contributed by atoms with Gasteiger partial charge in [0.2, 0.25) is 0 Å². The van der Waals surface area contributed by atoms with Crippen LogP contribution in [0.3, 0.4) is 0 Å². The summed E-state index contributed by atoms with van der Waals surface area (Å²) in [4.78, 5) is 23.5. The Balaban J connectivity index is 1.44. The lowest BCUT2D eigenvalue weighted by Crippen LogP contribution is -2.12. The van der Waals surface area contributed by atoms with E-state index >= 15 is 0 Å². The number of ether oxygens (including phenoxy) is 2. The summed E-state index contributed by atoms with van der Waals surface area (Å²) in [5.74, 6) is 2.24. The molecule has 148 valence electrons. The standard InChI is InChI=1S/C21H18N2O3S3/c1-12(29-13-5-6-15-16(10-13)26-8-3-7-25-15)19-22-20(24)18-14(11-28-21(18)23-19)17-4-2-9-27-17/h2,4-6,9-12H,3,7-8H2,1H3,(H,22,23,24). The summed E-state index contributed by atoms with van der Waals surface area (Å²) in [5, 5.41) is 4.70. The number of nitrogens with one attached hydrogen (secondary N) is 1. The Morgan fingerprint density at radius 1 is 1.17 bits per heavy atom. The van der Waals surface area contributed by atoms with Gasteiger partial charge in [0.15, 0.2) is 11.5 Å². The van der Waals surface area contributed by atoms with Crippen molar-refractivity contribution in [2.24, 2.45) is 0 Å². The Bertz CT molecular complexity index is 1210. The van der Waals surface area contributed by atoms with E-state index in [1.165, 1.54) is 11.3 Å². The average molecular weight is 443 g/mol. The van der Waals surface area contributed by atoms with Crippen LogP contribution in [0.2, 0.25) is 0 Å². The number of nitrogens with zero attached hydrogens (tertiary/aromatic N) is 1. The Labute approximate surface area is 179 Å². The molecule has 4 heterocycles. The number of thiophene rings is 2. The molecule has 0 spiro atoms. The van der Waals surface area contributed by atoms with Crippen molar-refractivity contribution in [2.45, 2.75) is 23.5 Å². The summed E-state index contributed by atoms with van der Waals surface area (Å²) >= 11 is 4.78. The van der Waals surface area contributed by atoms with Gasteiger partial charge in [0.1, 0.15) is 10.7 Å². The number of aromatic amines is 1. The number of hydrogen-bond donors (Lipinski definition) is 1. The van der Waals surface area contributed by atoms with E-state index in [1.807, 2.05) is 48.0 Å². The molecule has 1 atom stereocenters. The molecule has 0 saturated heterocycles. The molecule has 0 saturated carbocycles. The number of hydrogen-bond acceptors (Lipinski definition) is 7. The quantitative estimate of drug-likeness (QED) is 0.409. The molecule has 0 amide bonds. The van der Waals surface area contributed by atoms with Gasteiger partial charge in [-0.05, 0) is 36.6 Å². The monoisotopic (exact) mass is 442 g/mol. The summed E-state index contributed by atoms with van der Waals surface area (Å²) < 4.78 is 11.5. The Kier molecular flexibility index (Phi) is 5.07. The van der Waals surface area contributed by atoms with Crippen molar-refractivity contribution < 1.29 is 9.47 Å². The highest BCUT2D eigenvalue weighted by molar-refractivity contribution is 7.99. The number of rotatable bonds is 4. The third-order valence-electron chi connectivity index (χ3n) is 4.67. The lowest BCUT2D eigenvalue weighted by atomic mass is 10.2. The minimum atomic E-state index is -0.0826. The fourth-order valence-corrected chi connectivity index (χ4v) is 5.97. The maximum atomic E-state index is 12.8. The van der Waals surface area contributed by atoms with Crippen molar-refractivity contribution in [3.05, 3.63) is 57.3 Å². The normalized spacial score (nSPS) is 14.7. The van der Waals surface area contributed by atoms with Gasteiger partial charge in [0.05, 0.1) is 23.8 Å². The maximum absolute atomic E-state index is 12.8. The summed E-state index contributed by atoms with van der Waals surface area (Å²) in [6.07, 6.45) is 0.882. The van der Waals surface area contributed by atoms with E-state index in [9.17, 15) is 4.79 Å². The van der Waals surface area contributed by atoms with Crippen LogP contribution in [0.1, 0.15) is 24.4 Å². The number of benzene rings is 1. The SMILES string of the molecule is CC(Sc1ccc2c(c1)OCCCO2)c1nc2scc(-c3cccs3)c2c(=O)[nH]1. The van der Waals surface area contributed by atoms with Crippen LogP contribution in [0.15, 0.2) is 50.8 Å². The zero-order chi connectivity index (χ0) is 19.8. The van der Waals surface area contributed by atoms with Gasteiger partial charge in [0, 0.05) is 27.1 Å². The fourth-order valence-electron chi connectivity index (χ4n) is 3.25. The molecule has 29 heavy (non-hydrogen) atoms. The van der Waals surface area contributed by atoms with Crippen LogP contribution >= 0.6 is 34.4 Å². The highest BCUT2D eigenvalue weighted by atomic mass is 32.2. The third kappa shape index (κ3) is 3.68. The number of aromatic nitrogens is 2. The van der Waals surface area contributed by atoms with E-state index in [0.717, 1.165) is 38.1 Å². The lowest BCUT2D eigenvalue weighted by Gasteiger charge is -2.13. The minimum absolute atomic E-state index is 0.0101.